The zero-order valence-corrected chi connectivity index (χ0v) is 23.9. The Hall–Kier alpha value is -3.66. The Labute approximate surface area is 235 Å². The zero-order chi connectivity index (χ0) is 28.3. The Morgan fingerprint density at radius 3 is 2.65 bits per heavy atom. The van der Waals surface area contributed by atoms with Gasteiger partial charge in [0, 0.05) is 30.5 Å². The van der Waals surface area contributed by atoms with Crippen LogP contribution in [0.4, 0.5) is 10.7 Å². The molecule has 2 saturated heterocycles. The van der Waals surface area contributed by atoms with E-state index in [1.807, 2.05) is 45.9 Å². The third-order valence-electron chi connectivity index (χ3n) is 7.30. The third-order valence-corrected chi connectivity index (χ3v) is 7.30. The number of carbonyl (C=O) groups is 2. The first kappa shape index (κ1) is 27.9. The van der Waals surface area contributed by atoms with E-state index in [1.165, 1.54) is 0 Å². The number of likely N-dealkylation sites (tertiary alicyclic amines) is 1. The Morgan fingerprint density at radius 1 is 1.10 bits per heavy atom. The molecule has 3 aromatic rings. The second-order valence-corrected chi connectivity index (χ2v) is 11.7. The molecule has 10 heteroatoms. The largest absolute Gasteiger partial charge is 0.488 e. The average Bonchev–Trinajstić information content (AvgIpc) is 3.09. The highest BCUT2D eigenvalue weighted by Crippen LogP contribution is 2.36. The number of benzene rings is 1. The first-order chi connectivity index (χ1) is 19.2. The minimum Gasteiger partial charge on any atom is -0.488 e. The van der Waals surface area contributed by atoms with Crippen molar-refractivity contribution < 1.29 is 19.1 Å². The van der Waals surface area contributed by atoms with Gasteiger partial charge in [-0.05, 0) is 97.2 Å². The van der Waals surface area contributed by atoms with Crippen LogP contribution in [-0.4, -0.2) is 69.3 Å². The molecule has 0 bridgehead atoms. The van der Waals surface area contributed by atoms with Crippen LogP contribution < -0.4 is 15.4 Å². The normalized spacial score (nSPS) is 18.8. The number of amides is 2. The van der Waals surface area contributed by atoms with Crippen LogP contribution >= 0.6 is 0 Å². The maximum Gasteiger partial charge on any atom is 0.410 e. The first-order valence-corrected chi connectivity index (χ1v) is 14.3. The molecule has 2 fully saturated rings. The minimum absolute atomic E-state index is 0.0976. The number of nitrogens with zero attached hydrogens (tertiary/aromatic N) is 4. The fourth-order valence-electron chi connectivity index (χ4n) is 5.43. The molecular formula is C30H40N6O4. The van der Waals surface area contributed by atoms with Crippen molar-refractivity contribution in [3.05, 3.63) is 47.8 Å². The van der Waals surface area contributed by atoms with Gasteiger partial charge in [-0.15, -0.1) is 0 Å². The molecule has 1 aromatic carbocycles. The number of hydrogen-bond donors (Lipinski definition) is 2. The number of aryl methyl sites for hydroxylation is 1. The minimum atomic E-state index is -0.585. The lowest BCUT2D eigenvalue weighted by Crippen LogP contribution is -2.39. The second kappa shape index (κ2) is 11.8. The SMILES string of the molecule is Cc1cc(C(=O)Nc2nc3cccc(OC4CCNCC4)c3n2[C@@H]2CCCCN(C(=O)OC(C)(C)C)C2)ccn1. The fraction of sp³-hybridized carbons (Fsp3) is 0.533. The Balaban J connectivity index is 1.55. The summed E-state index contributed by atoms with van der Waals surface area (Å²) in [5, 5.41) is 6.44. The molecule has 10 nitrogen and oxygen atoms in total. The van der Waals surface area contributed by atoms with Gasteiger partial charge in [0.1, 0.15) is 23.0 Å². The molecule has 4 heterocycles. The number of anilines is 1. The van der Waals surface area contributed by atoms with Crippen LogP contribution in [0.2, 0.25) is 0 Å². The number of carbonyl (C=O) groups excluding carboxylic acids is 2. The summed E-state index contributed by atoms with van der Waals surface area (Å²) in [5.74, 6) is 0.914. The van der Waals surface area contributed by atoms with Crippen LogP contribution in [0.25, 0.3) is 11.0 Å². The van der Waals surface area contributed by atoms with Gasteiger partial charge in [-0.2, -0.15) is 0 Å². The van der Waals surface area contributed by atoms with E-state index in [2.05, 4.69) is 20.2 Å². The van der Waals surface area contributed by atoms with E-state index >= 15 is 0 Å². The van der Waals surface area contributed by atoms with Crippen molar-refractivity contribution in [3.63, 3.8) is 0 Å². The Kier molecular flexibility index (Phi) is 8.25. The molecule has 0 saturated carbocycles. The lowest BCUT2D eigenvalue weighted by molar-refractivity contribution is 0.0238. The van der Waals surface area contributed by atoms with Crippen LogP contribution in [-0.2, 0) is 4.74 Å². The molecule has 2 aromatic heterocycles. The smallest absolute Gasteiger partial charge is 0.410 e. The maximum absolute atomic E-state index is 13.4. The number of rotatable bonds is 5. The molecule has 5 rings (SSSR count). The van der Waals surface area contributed by atoms with E-state index < -0.39 is 5.60 Å². The lowest BCUT2D eigenvalue weighted by Gasteiger charge is -2.30. The van der Waals surface area contributed by atoms with Gasteiger partial charge >= 0.3 is 6.09 Å². The molecule has 2 aliphatic rings. The van der Waals surface area contributed by atoms with Crippen molar-refractivity contribution in [3.8, 4) is 5.75 Å². The van der Waals surface area contributed by atoms with Crippen molar-refractivity contribution in [2.24, 2.45) is 0 Å². The highest BCUT2D eigenvalue weighted by Gasteiger charge is 2.31. The monoisotopic (exact) mass is 548 g/mol. The number of para-hydroxylation sites is 1. The fourth-order valence-corrected chi connectivity index (χ4v) is 5.43. The number of hydrogen-bond acceptors (Lipinski definition) is 7. The summed E-state index contributed by atoms with van der Waals surface area (Å²) in [6, 6.07) is 9.17. The number of pyridine rings is 1. The third kappa shape index (κ3) is 6.55. The topological polar surface area (TPSA) is 111 Å². The Morgan fingerprint density at radius 2 is 1.90 bits per heavy atom. The van der Waals surface area contributed by atoms with Crippen molar-refractivity contribution in [2.45, 2.75) is 77.5 Å². The molecule has 2 aliphatic heterocycles. The quantitative estimate of drug-likeness (QED) is 0.457. The zero-order valence-electron chi connectivity index (χ0n) is 23.9. The maximum atomic E-state index is 13.4. The van der Waals surface area contributed by atoms with Gasteiger partial charge in [0.2, 0.25) is 5.95 Å². The number of ether oxygens (including phenoxy) is 2. The van der Waals surface area contributed by atoms with Crippen LogP contribution in [0.15, 0.2) is 36.5 Å². The summed E-state index contributed by atoms with van der Waals surface area (Å²) in [6.45, 7) is 10.4. The van der Waals surface area contributed by atoms with Gasteiger partial charge in [0.15, 0.2) is 0 Å². The van der Waals surface area contributed by atoms with Crippen molar-refractivity contribution >= 4 is 29.0 Å². The molecule has 0 unspecified atom stereocenters. The Bertz CT molecular complexity index is 1360. The summed E-state index contributed by atoms with van der Waals surface area (Å²) in [7, 11) is 0. The van der Waals surface area contributed by atoms with E-state index in [1.54, 1.807) is 23.2 Å². The summed E-state index contributed by atoms with van der Waals surface area (Å²) >= 11 is 0. The molecule has 1 atom stereocenters. The van der Waals surface area contributed by atoms with Gasteiger partial charge < -0.3 is 24.3 Å². The molecule has 2 amide bonds. The molecule has 0 spiro atoms. The standard InChI is InChI=1S/C30H40N6O4/c1-20-18-21(11-16-32-20)27(37)34-28-33-24-9-7-10-25(39-23-12-14-31-15-13-23)26(24)36(28)22-8-5-6-17-35(19-22)29(38)40-30(2,3)4/h7,9-11,16,18,22-23,31H,5-6,8,12-15,17,19H2,1-4H3,(H,33,34,37)/t22-/m1/s1. The van der Waals surface area contributed by atoms with Gasteiger partial charge in [-0.3, -0.25) is 15.1 Å². The highest BCUT2D eigenvalue weighted by atomic mass is 16.6. The molecular weight excluding hydrogens is 508 g/mol. The summed E-state index contributed by atoms with van der Waals surface area (Å²) < 4.78 is 14.4. The van der Waals surface area contributed by atoms with Crippen LogP contribution in [0.3, 0.4) is 0 Å². The number of piperidine rings is 1. The lowest BCUT2D eigenvalue weighted by atomic mass is 10.1. The summed E-state index contributed by atoms with van der Waals surface area (Å²) in [4.78, 5) is 37.4. The molecule has 0 radical (unpaired) electrons. The predicted octanol–water partition coefficient (Wildman–Crippen LogP) is 5.08. The van der Waals surface area contributed by atoms with Crippen molar-refractivity contribution in [1.82, 2.24) is 24.8 Å². The van der Waals surface area contributed by atoms with Crippen molar-refractivity contribution in [1.29, 1.82) is 0 Å². The van der Waals surface area contributed by atoms with Gasteiger partial charge in [0.05, 0.1) is 11.6 Å². The van der Waals surface area contributed by atoms with Crippen LogP contribution in [0, 0.1) is 6.92 Å². The number of aromatic nitrogens is 3. The van der Waals surface area contributed by atoms with E-state index in [0.29, 0.717) is 24.6 Å². The number of imidazole rings is 1. The second-order valence-electron chi connectivity index (χ2n) is 11.7. The van der Waals surface area contributed by atoms with Crippen molar-refractivity contribution in [2.75, 3.05) is 31.5 Å². The predicted molar refractivity (Wildman–Crippen MR) is 154 cm³/mol. The number of nitrogens with one attached hydrogen (secondary N) is 2. The average molecular weight is 549 g/mol. The van der Waals surface area contributed by atoms with E-state index in [-0.39, 0.29) is 24.1 Å². The first-order valence-electron chi connectivity index (χ1n) is 14.3. The molecule has 2 N–H and O–H groups in total. The molecule has 40 heavy (non-hydrogen) atoms. The molecule has 214 valence electrons. The van der Waals surface area contributed by atoms with Crippen LogP contribution in [0.5, 0.6) is 5.75 Å². The van der Waals surface area contributed by atoms with Crippen LogP contribution in [0.1, 0.15) is 75.0 Å². The molecule has 0 aliphatic carbocycles. The van der Waals surface area contributed by atoms with E-state index in [9.17, 15) is 9.59 Å². The van der Waals surface area contributed by atoms with Gasteiger partial charge in [-0.1, -0.05) is 6.07 Å². The summed E-state index contributed by atoms with van der Waals surface area (Å²) in [6.07, 6.45) is 5.87. The van der Waals surface area contributed by atoms with Gasteiger partial charge in [0.25, 0.3) is 5.91 Å². The summed E-state index contributed by atoms with van der Waals surface area (Å²) in [5.41, 5.74) is 2.25. The van der Waals surface area contributed by atoms with Gasteiger partial charge in [-0.25, -0.2) is 9.78 Å². The van der Waals surface area contributed by atoms with E-state index in [0.717, 1.165) is 67.7 Å². The highest BCUT2D eigenvalue weighted by molar-refractivity contribution is 6.04. The number of fused-ring (bicyclic) bond motifs is 1. The van der Waals surface area contributed by atoms with E-state index in [4.69, 9.17) is 14.5 Å².